The summed E-state index contributed by atoms with van der Waals surface area (Å²) in [5, 5.41) is 9.63. The molecule has 2 aliphatic heterocycles. The van der Waals surface area contributed by atoms with Crippen LogP contribution in [0.1, 0.15) is 70.6 Å². The summed E-state index contributed by atoms with van der Waals surface area (Å²) in [5.41, 5.74) is 0. The summed E-state index contributed by atoms with van der Waals surface area (Å²) in [4.78, 5) is 10.6. The van der Waals surface area contributed by atoms with Gasteiger partial charge in [0.05, 0.1) is 12.2 Å². The van der Waals surface area contributed by atoms with Gasteiger partial charge in [0.1, 0.15) is 0 Å². The molecule has 1 aliphatic carbocycles. The molecule has 3 rings (SSSR count). The smallest absolute Gasteiger partial charge is 0.303 e. The minimum absolute atomic E-state index is 0.277. The summed E-state index contributed by atoms with van der Waals surface area (Å²) in [6.45, 7) is 0. The fraction of sp³-hybridized carbons (Fsp3) is 0.864. The molecular weight excluding hydrogens is 376 g/mol. The van der Waals surface area contributed by atoms with E-state index in [1.807, 2.05) is 0 Å². The molecule has 3 nitrogen and oxygen atoms in total. The molecule has 2 bridgehead atoms. The van der Waals surface area contributed by atoms with Gasteiger partial charge in [-0.15, -0.1) is 0 Å². The lowest BCUT2D eigenvalue weighted by atomic mass is 9.78. The SMILES string of the molecule is O=C(O)CCC/C=C\C[C@@H]1[C@@H](CSCCSC2CCCCC2)[C@@H]2CC[C@H]1O2. The number of fused-ring (bicyclic) bond motifs is 2. The third-order valence-corrected chi connectivity index (χ3v) is 9.12. The number of hydrogen-bond donors (Lipinski definition) is 1. The molecule has 0 spiro atoms. The Kier molecular flexibility index (Phi) is 9.41. The minimum atomic E-state index is -0.691. The molecule has 154 valence electrons. The van der Waals surface area contributed by atoms with Crippen molar-refractivity contribution >= 4 is 29.5 Å². The van der Waals surface area contributed by atoms with Crippen molar-refractivity contribution < 1.29 is 14.6 Å². The summed E-state index contributed by atoms with van der Waals surface area (Å²) < 4.78 is 6.23. The zero-order valence-corrected chi connectivity index (χ0v) is 18.2. The molecular formula is C22H36O3S2. The highest BCUT2D eigenvalue weighted by molar-refractivity contribution is 8.03. The molecule has 27 heavy (non-hydrogen) atoms. The molecule has 2 heterocycles. The Hall–Kier alpha value is -0.130. The zero-order valence-electron chi connectivity index (χ0n) is 16.5. The molecule has 3 aliphatic rings. The van der Waals surface area contributed by atoms with Crippen molar-refractivity contribution in [1.82, 2.24) is 0 Å². The number of ether oxygens (including phenoxy) is 1. The van der Waals surface area contributed by atoms with Crippen molar-refractivity contribution in [2.75, 3.05) is 17.3 Å². The molecule has 4 atom stereocenters. The highest BCUT2D eigenvalue weighted by Gasteiger charge is 2.47. The lowest BCUT2D eigenvalue weighted by molar-refractivity contribution is -0.137. The van der Waals surface area contributed by atoms with Gasteiger partial charge in [0.2, 0.25) is 0 Å². The zero-order chi connectivity index (χ0) is 18.9. The van der Waals surface area contributed by atoms with Gasteiger partial charge in [0.25, 0.3) is 0 Å². The van der Waals surface area contributed by atoms with Gasteiger partial charge >= 0.3 is 5.97 Å². The molecule has 0 radical (unpaired) electrons. The first-order valence-corrected chi connectivity index (χ1v) is 13.2. The maximum Gasteiger partial charge on any atom is 0.303 e. The average molecular weight is 413 g/mol. The van der Waals surface area contributed by atoms with Crippen LogP contribution in [0, 0.1) is 11.8 Å². The Bertz CT molecular complexity index is 476. The Balaban J connectivity index is 1.31. The predicted molar refractivity (Wildman–Crippen MR) is 117 cm³/mol. The van der Waals surface area contributed by atoms with Gasteiger partial charge in [0.15, 0.2) is 0 Å². The van der Waals surface area contributed by atoms with Crippen molar-refractivity contribution in [2.45, 2.75) is 88.1 Å². The fourth-order valence-corrected chi connectivity index (χ4v) is 7.65. The Morgan fingerprint density at radius 3 is 2.56 bits per heavy atom. The van der Waals surface area contributed by atoms with E-state index in [0.717, 1.165) is 30.4 Å². The molecule has 3 fully saturated rings. The van der Waals surface area contributed by atoms with Crippen LogP contribution in [0.3, 0.4) is 0 Å². The highest BCUT2D eigenvalue weighted by atomic mass is 32.2. The molecule has 0 aromatic heterocycles. The Morgan fingerprint density at radius 2 is 1.78 bits per heavy atom. The van der Waals surface area contributed by atoms with Gasteiger partial charge < -0.3 is 9.84 Å². The lowest BCUT2D eigenvalue weighted by Gasteiger charge is -2.27. The maximum absolute atomic E-state index is 10.6. The maximum atomic E-state index is 10.6. The van der Waals surface area contributed by atoms with Crippen LogP contribution in [0.5, 0.6) is 0 Å². The Morgan fingerprint density at radius 1 is 1.00 bits per heavy atom. The monoisotopic (exact) mass is 412 g/mol. The summed E-state index contributed by atoms with van der Waals surface area (Å²) in [6.07, 6.45) is 18.2. The molecule has 1 N–H and O–H groups in total. The van der Waals surface area contributed by atoms with E-state index in [9.17, 15) is 4.79 Å². The summed E-state index contributed by atoms with van der Waals surface area (Å²) in [7, 11) is 0. The van der Waals surface area contributed by atoms with Crippen molar-refractivity contribution in [3.8, 4) is 0 Å². The van der Waals surface area contributed by atoms with Crippen LogP contribution in [0.4, 0.5) is 0 Å². The van der Waals surface area contributed by atoms with Crippen molar-refractivity contribution in [3.63, 3.8) is 0 Å². The second-order valence-electron chi connectivity index (χ2n) is 8.32. The van der Waals surface area contributed by atoms with Crippen LogP contribution in [0.2, 0.25) is 0 Å². The number of aliphatic carboxylic acids is 1. The number of unbranched alkanes of at least 4 members (excludes halogenated alkanes) is 1. The van der Waals surface area contributed by atoms with E-state index in [1.54, 1.807) is 0 Å². The van der Waals surface area contributed by atoms with Gasteiger partial charge in [-0.3, -0.25) is 4.79 Å². The van der Waals surface area contributed by atoms with E-state index < -0.39 is 5.97 Å². The molecule has 2 saturated heterocycles. The van der Waals surface area contributed by atoms with Gasteiger partial charge in [-0.1, -0.05) is 31.4 Å². The molecule has 0 amide bonds. The van der Waals surface area contributed by atoms with E-state index >= 15 is 0 Å². The van der Waals surface area contributed by atoms with E-state index in [0.29, 0.717) is 18.1 Å². The van der Waals surface area contributed by atoms with Gasteiger partial charge in [-0.25, -0.2) is 0 Å². The first kappa shape index (κ1) is 21.6. The summed E-state index contributed by atoms with van der Waals surface area (Å²) in [5.74, 6) is 4.56. The third-order valence-electron chi connectivity index (χ3n) is 6.37. The van der Waals surface area contributed by atoms with E-state index in [4.69, 9.17) is 9.84 Å². The quantitative estimate of drug-likeness (QED) is 0.325. The topological polar surface area (TPSA) is 46.5 Å². The normalized spacial score (nSPS) is 31.1. The molecule has 5 heteroatoms. The second-order valence-corrected chi connectivity index (χ2v) is 10.9. The predicted octanol–water partition coefficient (Wildman–Crippen LogP) is 5.78. The number of allylic oxidation sites excluding steroid dienone is 2. The van der Waals surface area contributed by atoms with Crippen LogP contribution in [-0.4, -0.2) is 45.8 Å². The largest absolute Gasteiger partial charge is 0.481 e. The first-order chi connectivity index (χ1) is 13.2. The Labute approximate surface area is 173 Å². The number of carbonyl (C=O) groups is 1. The van der Waals surface area contributed by atoms with Crippen LogP contribution in [-0.2, 0) is 9.53 Å². The number of thioether (sulfide) groups is 2. The van der Waals surface area contributed by atoms with E-state index in [-0.39, 0.29) is 6.42 Å². The van der Waals surface area contributed by atoms with Crippen LogP contribution >= 0.6 is 23.5 Å². The molecule has 0 aromatic rings. The molecule has 0 aromatic carbocycles. The van der Waals surface area contributed by atoms with Crippen molar-refractivity contribution in [1.29, 1.82) is 0 Å². The summed E-state index contributed by atoms with van der Waals surface area (Å²) >= 11 is 4.36. The number of carboxylic acid groups (broad SMARTS) is 1. The lowest BCUT2D eigenvalue weighted by Crippen LogP contribution is -2.28. The minimum Gasteiger partial charge on any atom is -0.481 e. The van der Waals surface area contributed by atoms with Crippen LogP contribution in [0.15, 0.2) is 12.2 Å². The van der Waals surface area contributed by atoms with Crippen LogP contribution < -0.4 is 0 Å². The summed E-state index contributed by atoms with van der Waals surface area (Å²) in [6, 6.07) is 0. The van der Waals surface area contributed by atoms with Crippen molar-refractivity contribution in [3.05, 3.63) is 12.2 Å². The first-order valence-electron chi connectivity index (χ1n) is 11.0. The van der Waals surface area contributed by atoms with E-state index in [2.05, 4.69) is 35.7 Å². The van der Waals surface area contributed by atoms with Gasteiger partial charge in [-0.2, -0.15) is 23.5 Å². The number of rotatable bonds is 12. The van der Waals surface area contributed by atoms with Gasteiger partial charge in [-0.05, 0) is 62.5 Å². The standard InChI is InChI=1S/C22H36O3S2/c23-22(24)11-7-2-1-6-10-18-19(21-13-12-20(18)25-21)16-26-14-15-27-17-8-4-3-5-9-17/h1,6,17-21H,2-5,7-16H2,(H,23,24)/b6-1-/t18-,19-,20-,21+/m1/s1. The second kappa shape index (κ2) is 11.8. The number of carboxylic acids is 1. The average Bonchev–Trinajstić information content (AvgIpc) is 3.27. The highest BCUT2D eigenvalue weighted by Crippen LogP contribution is 2.46. The van der Waals surface area contributed by atoms with E-state index in [1.165, 1.54) is 62.2 Å². The fourth-order valence-electron chi connectivity index (χ4n) is 4.90. The molecule has 0 unspecified atom stereocenters. The van der Waals surface area contributed by atoms with Crippen LogP contribution in [0.25, 0.3) is 0 Å². The number of hydrogen-bond acceptors (Lipinski definition) is 4. The third kappa shape index (κ3) is 7.01. The van der Waals surface area contributed by atoms with Crippen molar-refractivity contribution in [2.24, 2.45) is 11.8 Å². The van der Waals surface area contributed by atoms with Gasteiger partial charge in [0, 0.05) is 23.2 Å². The molecule has 1 saturated carbocycles.